The van der Waals surface area contributed by atoms with Crippen LogP contribution in [-0.4, -0.2) is 316 Å². The summed E-state index contributed by atoms with van der Waals surface area (Å²) in [6.07, 6.45) is 6.33. The van der Waals surface area contributed by atoms with Crippen molar-refractivity contribution in [1.29, 1.82) is 0 Å². The summed E-state index contributed by atoms with van der Waals surface area (Å²) < 4.78 is 64.4. The Morgan fingerprint density at radius 1 is 0.372 bits per heavy atom. The van der Waals surface area contributed by atoms with E-state index in [0.717, 1.165) is 25.7 Å². The van der Waals surface area contributed by atoms with E-state index < -0.39 is 59.1 Å². The molecule has 0 saturated carbocycles. The molecular weight excluding hydrogens is 1560 g/mol. The Hall–Kier alpha value is -9.09. The molecule has 0 fully saturated rings. The molecule has 1 unspecified atom stereocenters. The number of para-hydroxylation sites is 4. The molecule has 2 heterocycles. The Balaban J connectivity index is 1.42. The summed E-state index contributed by atoms with van der Waals surface area (Å²) in [5.74, 6) is -3.18. The van der Waals surface area contributed by atoms with Crippen LogP contribution in [0.2, 0.25) is 0 Å². The molecule has 32 nitrogen and oxygen atoms in total. The average molecular weight is 1700 g/mol. The van der Waals surface area contributed by atoms with E-state index in [1.54, 1.807) is 108 Å². The largest absolute Gasteiger partial charge is 0.492 e. The maximum Gasteiger partial charge on any atom is 0.407 e. The minimum Gasteiger partial charge on any atom is -0.492 e. The van der Waals surface area contributed by atoms with Gasteiger partial charge in [0.15, 0.2) is 5.78 Å². The van der Waals surface area contributed by atoms with Crippen LogP contribution in [0, 0.1) is 0 Å². The third-order valence-corrected chi connectivity index (χ3v) is 19.9. The third kappa shape index (κ3) is 38.1. The van der Waals surface area contributed by atoms with Crippen molar-refractivity contribution in [3.05, 3.63) is 117 Å². The standard InChI is InChI=1S/C89H138N12O20/c1-10-14-52-117-77-68-25-20-26-69(77)81(103)92-37-44-99(50-56-113-62-64-115-60-58-111-8)47-40-95-86(108)74-31-23-32-75(80(74)120-55-17-13-4)87(109)97-67(24-18-19-34-96-88(110)121-89(5,6)7)66-101(41-33-76(68)102)49-48-98-42-35-90-82(104)70-27-21-29-72(78(70)118-53-15-11-2)84(106)93-38-45-100(51-57-114-63-65-116-61-59-112-9)46-39-94-85(107)73-30-22-28-71(83(105)91-36-43-98)79(73)119-54-16-12-3/h20-23,25-32,67H,10-19,24,33-66H2,1-9H3,(H,90,104)(H,91,105)(H,92,103)(H,93,106)(H,94,107)(H,95,108)(H,96,110)(H,97,109). The summed E-state index contributed by atoms with van der Waals surface area (Å²) in [4.78, 5) is 139. The van der Waals surface area contributed by atoms with E-state index in [4.69, 9.17) is 52.1 Å². The van der Waals surface area contributed by atoms with E-state index in [1.165, 1.54) is 0 Å². The van der Waals surface area contributed by atoms with Gasteiger partial charge in [0, 0.05) is 151 Å². The molecule has 1 atom stereocenters. The molecule has 4 aromatic carbocycles. The molecule has 8 N–H and O–H groups in total. The van der Waals surface area contributed by atoms with Crippen molar-refractivity contribution in [2.24, 2.45) is 0 Å². The van der Waals surface area contributed by atoms with Gasteiger partial charge >= 0.3 is 6.09 Å². The van der Waals surface area contributed by atoms with Crippen molar-refractivity contribution in [3.63, 3.8) is 0 Å². The van der Waals surface area contributed by atoms with Gasteiger partial charge < -0.3 is 94.6 Å². The molecule has 2 aliphatic heterocycles. The lowest BCUT2D eigenvalue weighted by Crippen LogP contribution is -2.48. The van der Waals surface area contributed by atoms with Gasteiger partial charge in [0.1, 0.15) is 28.6 Å². The summed E-state index contributed by atoms with van der Waals surface area (Å²) in [6, 6.07) is 18.9. The van der Waals surface area contributed by atoms with Gasteiger partial charge in [-0.05, 0) is 114 Å². The summed E-state index contributed by atoms with van der Waals surface area (Å²) in [5, 5.41) is 24.6. The van der Waals surface area contributed by atoms with Crippen LogP contribution in [-0.2, 0) is 33.2 Å². The molecule has 2 aliphatic rings. The first-order valence-corrected chi connectivity index (χ1v) is 43.5. The predicted octanol–water partition coefficient (Wildman–Crippen LogP) is 7.84. The number of carbonyl (C=O) groups excluding carboxylic acids is 9. The molecular formula is C89H138N12O20. The highest BCUT2D eigenvalue weighted by molar-refractivity contribution is 6.07. The third-order valence-electron chi connectivity index (χ3n) is 19.9. The first kappa shape index (κ1) is 101. The SMILES string of the molecule is CCCCOc1c2cccc1C(=O)NCCN(CCOCCOCCOC)CCNC(=O)c1cccc(c1OCCCC)C(=O)NC(CCCCNC(=O)OC(C)(C)C)CN(CCN1CCNC(=O)c3cccc(c3OCCCC)C(=O)NCCN(CCOCCOCCOC)CCNC(=O)c3cccc(c3OCCCC)C(=O)NCC1)CCC2=O. The van der Waals surface area contributed by atoms with Gasteiger partial charge in [-0.15, -0.1) is 0 Å². The van der Waals surface area contributed by atoms with Gasteiger partial charge in [-0.3, -0.25) is 58.0 Å². The Labute approximate surface area is 715 Å². The van der Waals surface area contributed by atoms with Gasteiger partial charge in [-0.1, -0.05) is 77.6 Å². The lowest BCUT2D eigenvalue weighted by molar-refractivity contribution is 0.0196. The lowest BCUT2D eigenvalue weighted by atomic mass is 10.0. The van der Waals surface area contributed by atoms with E-state index in [0.29, 0.717) is 150 Å². The maximum absolute atomic E-state index is 15.4. The van der Waals surface area contributed by atoms with Gasteiger partial charge in [0.2, 0.25) is 0 Å². The summed E-state index contributed by atoms with van der Waals surface area (Å²) in [5.41, 5.74) is 0.542. The zero-order valence-electron chi connectivity index (χ0n) is 73.3. The van der Waals surface area contributed by atoms with Crippen molar-refractivity contribution in [1.82, 2.24) is 62.1 Å². The second-order valence-corrected chi connectivity index (χ2v) is 30.6. The van der Waals surface area contributed by atoms with Gasteiger partial charge in [0.05, 0.1) is 137 Å². The van der Waals surface area contributed by atoms with Crippen LogP contribution in [0.15, 0.2) is 72.8 Å². The number of hydrogen-bond donors (Lipinski definition) is 8. The fraction of sp³-hybridized carbons (Fsp3) is 0.629. The van der Waals surface area contributed by atoms with Crippen molar-refractivity contribution >= 4 is 53.2 Å². The molecule has 32 heteroatoms. The number of nitrogens with one attached hydrogen (secondary N) is 8. The number of unbranched alkanes of at least 4 members (excludes halogenated alkanes) is 5. The van der Waals surface area contributed by atoms with Crippen molar-refractivity contribution in [2.45, 2.75) is 137 Å². The van der Waals surface area contributed by atoms with Gasteiger partial charge in [0.25, 0.3) is 41.4 Å². The monoisotopic (exact) mass is 1700 g/mol. The van der Waals surface area contributed by atoms with E-state index in [9.17, 15) is 33.6 Å². The first-order valence-electron chi connectivity index (χ1n) is 43.5. The Bertz CT molecular complexity index is 3670. The van der Waals surface area contributed by atoms with Gasteiger partial charge in [-0.2, -0.15) is 0 Å². The maximum atomic E-state index is 15.4. The van der Waals surface area contributed by atoms with E-state index in [1.807, 2.05) is 37.5 Å². The summed E-state index contributed by atoms with van der Waals surface area (Å²) in [7, 11) is 3.21. The molecule has 6 rings (SSSR count). The second-order valence-electron chi connectivity index (χ2n) is 30.6. The van der Waals surface area contributed by atoms with Crippen LogP contribution in [0.3, 0.4) is 0 Å². The van der Waals surface area contributed by atoms with Crippen LogP contribution in [0.1, 0.15) is 208 Å². The van der Waals surface area contributed by atoms with Crippen molar-refractivity contribution in [3.8, 4) is 23.0 Å². The molecule has 121 heavy (non-hydrogen) atoms. The Morgan fingerprint density at radius 3 is 1.02 bits per heavy atom. The Morgan fingerprint density at radius 2 is 0.678 bits per heavy atom. The smallest absolute Gasteiger partial charge is 0.407 e. The topological polar surface area (TPSA) is 364 Å². The average Bonchev–Trinajstić information content (AvgIpc) is 1.24. The van der Waals surface area contributed by atoms with Crippen LogP contribution < -0.4 is 61.5 Å². The molecule has 0 radical (unpaired) electrons. The molecule has 8 bridgehead atoms. The van der Waals surface area contributed by atoms with E-state index in [2.05, 4.69) is 52.3 Å². The first-order chi connectivity index (χ1) is 58.7. The van der Waals surface area contributed by atoms with E-state index >= 15 is 9.59 Å². The highest BCUT2D eigenvalue weighted by atomic mass is 16.6. The fourth-order valence-electron chi connectivity index (χ4n) is 13.2. The minimum atomic E-state index is -0.737. The second kappa shape index (κ2) is 58.8. The Kier molecular flexibility index (Phi) is 49.0. The zero-order chi connectivity index (χ0) is 87.3. The highest BCUT2D eigenvalue weighted by Gasteiger charge is 2.30. The van der Waals surface area contributed by atoms with Gasteiger partial charge in [-0.25, -0.2) is 4.79 Å². The fourth-order valence-corrected chi connectivity index (χ4v) is 13.2. The highest BCUT2D eigenvalue weighted by Crippen LogP contribution is 2.30. The predicted molar refractivity (Wildman–Crippen MR) is 462 cm³/mol. The normalized spacial score (nSPS) is 16.4. The van der Waals surface area contributed by atoms with E-state index in [-0.39, 0.29) is 191 Å². The number of ketones is 1. The molecule has 0 aliphatic carbocycles. The molecule has 4 aromatic rings. The molecule has 8 amide bonds. The summed E-state index contributed by atoms with van der Waals surface area (Å²) >= 11 is 0. The number of ether oxygens (including phenoxy) is 11. The zero-order valence-corrected chi connectivity index (χ0v) is 73.3. The summed E-state index contributed by atoms with van der Waals surface area (Å²) in [6.45, 7) is 22.6. The van der Waals surface area contributed by atoms with Crippen LogP contribution in [0.25, 0.3) is 0 Å². The molecule has 0 spiro atoms. The quantitative estimate of drug-likeness (QED) is 0.0196. The molecule has 0 aromatic heterocycles. The number of benzene rings is 4. The molecule has 0 saturated heterocycles. The van der Waals surface area contributed by atoms with Crippen molar-refractivity contribution < 1.29 is 95.3 Å². The molecule has 674 valence electrons. The van der Waals surface area contributed by atoms with Crippen LogP contribution in [0.4, 0.5) is 4.79 Å². The van der Waals surface area contributed by atoms with Crippen molar-refractivity contribution in [2.75, 3.05) is 231 Å². The number of amides is 8. The minimum absolute atomic E-state index is 0.0588. The van der Waals surface area contributed by atoms with Crippen LogP contribution in [0.5, 0.6) is 23.0 Å². The number of nitrogens with zero attached hydrogens (tertiary/aromatic N) is 4. The number of Topliss-reactive ketones (excluding diaryl/α,β-unsaturated/α-hetero) is 1. The number of carbonyl (C=O) groups is 9. The number of hydrogen-bond acceptors (Lipinski definition) is 24. The van der Waals surface area contributed by atoms with Crippen LogP contribution >= 0.6 is 0 Å². The number of alkyl carbamates (subject to hydrolysis) is 1. The number of methoxy groups -OCH3 is 2. The lowest BCUT2D eigenvalue weighted by Gasteiger charge is -2.31. The number of fused-ring (bicyclic) bond motifs is 8. The number of rotatable bonds is 42.